The third-order valence-corrected chi connectivity index (χ3v) is 3.53. The smallest absolute Gasteiger partial charge is 0.127 e. The van der Waals surface area contributed by atoms with Crippen LogP contribution in [-0.2, 0) is 13.0 Å². The predicted molar refractivity (Wildman–Crippen MR) is 74.5 cm³/mol. The Morgan fingerprint density at radius 1 is 1.56 bits per heavy atom. The van der Waals surface area contributed by atoms with Crippen molar-refractivity contribution in [3.8, 4) is 11.8 Å². The maximum atomic E-state index is 8.84. The molecule has 0 radical (unpaired) electrons. The first-order valence-corrected chi connectivity index (χ1v) is 6.91. The minimum atomic E-state index is 0.0520. The molecule has 2 rings (SSSR count). The van der Waals surface area contributed by atoms with E-state index >= 15 is 0 Å². The van der Waals surface area contributed by atoms with Crippen molar-refractivity contribution in [3.63, 3.8) is 0 Å². The third kappa shape index (κ3) is 3.04. The molecule has 1 aromatic carbocycles. The number of nitrogens with zero attached hydrogens (tertiary/aromatic N) is 2. The molecule has 96 valence electrons. The van der Waals surface area contributed by atoms with E-state index in [1.807, 2.05) is 14.0 Å². The van der Waals surface area contributed by atoms with Gasteiger partial charge in [-0.2, -0.15) is 5.26 Å². The lowest BCUT2D eigenvalue weighted by atomic mass is 10.1. The van der Waals surface area contributed by atoms with E-state index < -0.39 is 0 Å². The Morgan fingerprint density at radius 2 is 2.33 bits per heavy atom. The van der Waals surface area contributed by atoms with Crippen molar-refractivity contribution in [2.45, 2.75) is 19.9 Å². The van der Waals surface area contributed by atoms with Crippen molar-refractivity contribution in [2.75, 3.05) is 20.2 Å². The lowest BCUT2D eigenvalue weighted by molar-refractivity contribution is 0.292. The number of hydrogen-bond donors (Lipinski definition) is 0. The molecular formula is C14H17BrN2O. The van der Waals surface area contributed by atoms with Crippen LogP contribution in [0.1, 0.15) is 18.1 Å². The van der Waals surface area contributed by atoms with Gasteiger partial charge in [0.05, 0.1) is 18.6 Å². The summed E-state index contributed by atoms with van der Waals surface area (Å²) in [7, 11) is 2.04. The molecule has 3 nitrogen and oxygen atoms in total. The summed E-state index contributed by atoms with van der Waals surface area (Å²) in [5.74, 6) is 1.09. The van der Waals surface area contributed by atoms with E-state index in [1.165, 1.54) is 11.1 Å². The highest BCUT2D eigenvalue weighted by Crippen LogP contribution is 2.33. The second-order valence-corrected chi connectivity index (χ2v) is 5.79. The lowest BCUT2D eigenvalue weighted by Gasteiger charge is -2.19. The van der Waals surface area contributed by atoms with Crippen LogP contribution in [0.15, 0.2) is 16.6 Å². The Morgan fingerprint density at radius 3 is 3.06 bits per heavy atom. The van der Waals surface area contributed by atoms with Crippen molar-refractivity contribution in [2.24, 2.45) is 5.92 Å². The topological polar surface area (TPSA) is 36.3 Å². The number of rotatable bonds is 4. The minimum Gasteiger partial charge on any atom is -0.493 e. The van der Waals surface area contributed by atoms with Gasteiger partial charge in [-0.1, -0.05) is 15.9 Å². The van der Waals surface area contributed by atoms with Crippen LogP contribution in [0.2, 0.25) is 0 Å². The Hall–Kier alpha value is -1.05. The lowest BCUT2D eigenvalue weighted by Crippen LogP contribution is -2.23. The number of nitriles is 1. The average molecular weight is 309 g/mol. The highest BCUT2D eigenvalue weighted by Gasteiger charge is 2.18. The molecule has 1 aliphatic rings. The quantitative estimate of drug-likeness (QED) is 0.858. The first-order valence-electron chi connectivity index (χ1n) is 6.12. The van der Waals surface area contributed by atoms with Gasteiger partial charge in [-0.05, 0) is 31.7 Å². The Kier molecular flexibility index (Phi) is 4.26. The summed E-state index contributed by atoms with van der Waals surface area (Å²) >= 11 is 3.54. The van der Waals surface area contributed by atoms with Crippen molar-refractivity contribution in [1.29, 1.82) is 5.26 Å². The van der Waals surface area contributed by atoms with Crippen LogP contribution in [0.4, 0.5) is 0 Å². The van der Waals surface area contributed by atoms with E-state index in [-0.39, 0.29) is 5.92 Å². The molecule has 0 saturated heterocycles. The molecule has 1 heterocycles. The van der Waals surface area contributed by atoms with Crippen molar-refractivity contribution in [1.82, 2.24) is 4.90 Å². The molecule has 0 spiro atoms. The molecule has 1 aliphatic heterocycles. The Labute approximate surface area is 116 Å². The van der Waals surface area contributed by atoms with Gasteiger partial charge in [0.2, 0.25) is 0 Å². The average Bonchev–Trinajstić information content (AvgIpc) is 2.76. The molecule has 1 unspecified atom stereocenters. The molecule has 1 aromatic rings. The van der Waals surface area contributed by atoms with E-state index in [9.17, 15) is 0 Å². The molecule has 0 bridgehead atoms. The maximum Gasteiger partial charge on any atom is 0.127 e. The van der Waals surface area contributed by atoms with Gasteiger partial charge in [0.15, 0.2) is 0 Å². The second kappa shape index (κ2) is 5.73. The molecule has 18 heavy (non-hydrogen) atoms. The Balaban J connectivity index is 2.12. The summed E-state index contributed by atoms with van der Waals surface area (Å²) in [4.78, 5) is 2.16. The van der Waals surface area contributed by atoms with Gasteiger partial charge in [0.25, 0.3) is 0 Å². The molecule has 0 aliphatic carbocycles. The second-order valence-electron chi connectivity index (χ2n) is 4.88. The molecule has 0 aromatic heterocycles. The van der Waals surface area contributed by atoms with E-state index in [2.05, 4.69) is 39.0 Å². The summed E-state index contributed by atoms with van der Waals surface area (Å²) in [6.45, 7) is 4.31. The van der Waals surface area contributed by atoms with Gasteiger partial charge in [-0.3, -0.25) is 0 Å². The van der Waals surface area contributed by atoms with Crippen molar-refractivity contribution in [3.05, 3.63) is 27.7 Å². The van der Waals surface area contributed by atoms with Crippen LogP contribution in [0.25, 0.3) is 0 Å². The fourth-order valence-corrected chi connectivity index (χ4v) is 2.88. The van der Waals surface area contributed by atoms with E-state index in [0.717, 1.165) is 36.3 Å². The highest BCUT2D eigenvalue weighted by molar-refractivity contribution is 9.10. The maximum absolute atomic E-state index is 8.84. The van der Waals surface area contributed by atoms with Gasteiger partial charge >= 0.3 is 0 Å². The standard InChI is InChI=1S/C14H17BrN2O/c1-10(7-16)8-17(2)9-12-6-13(15)5-11-3-4-18-14(11)12/h5-6,10H,3-4,8-9H2,1-2H3. The van der Waals surface area contributed by atoms with E-state index in [0.29, 0.717) is 0 Å². The summed E-state index contributed by atoms with van der Waals surface area (Å²) in [6, 6.07) is 6.50. The van der Waals surface area contributed by atoms with E-state index in [4.69, 9.17) is 10.00 Å². The van der Waals surface area contributed by atoms with Crippen LogP contribution in [-0.4, -0.2) is 25.1 Å². The SMILES string of the molecule is CC(C#N)CN(C)Cc1cc(Br)cc2c1OCC2. The van der Waals surface area contributed by atoms with Gasteiger partial charge < -0.3 is 9.64 Å². The number of halogens is 1. The number of fused-ring (bicyclic) bond motifs is 1. The number of ether oxygens (including phenoxy) is 1. The normalized spacial score (nSPS) is 15.1. The zero-order valence-electron chi connectivity index (χ0n) is 10.7. The van der Waals surface area contributed by atoms with Crippen molar-refractivity contribution >= 4 is 15.9 Å². The van der Waals surface area contributed by atoms with Crippen LogP contribution < -0.4 is 4.74 Å². The van der Waals surface area contributed by atoms with Gasteiger partial charge in [-0.25, -0.2) is 0 Å². The molecule has 0 amide bonds. The zero-order valence-corrected chi connectivity index (χ0v) is 12.3. The summed E-state index contributed by atoms with van der Waals surface area (Å²) < 4.78 is 6.80. The first-order chi connectivity index (χ1) is 8.60. The third-order valence-electron chi connectivity index (χ3n) is 3.07. The molecule has 4 heteroatoms. The van der Waals surface area contributed by atoms with Crippen LogP contribution in [0, 0.1) is 17.2 Å². The van der Waals surface area contributed by atoms with Crippen LogP contribution in [0.5, 0.6) is 5.75 Å². The summed E-state index contributed by atoms with van der Waals surface area (Å²) in [5, 5.41) is 8.84. The van der Waals surface area contributed by atoms with Gasteiger partial charge in [0.1, 0.15) is 5.75 Å². The predicted octanol–water partition coefficient (Wildman–Crippen LogP) is 2.98. The fourth-order valence-electron chi connectivity index (χ4n) is 2.33. The zero-order chi connectivity index (χ0) is 13.1. The molecule has 0 N–H and O–H groups in total. The highest BCUT2D eigenvalue weighted by atomic mass is 79.9. The number of hydrogen-bond acceptors (Lipinski definition) is 3. The molecule has 0 fully saturated rings. The minimum absolute atomic E-state index is 0.0520. The monoisotopic (exact) mass is 308 g/mol. The molecular weight excluding hydrogens is 292 g/mol. The summed E-state index contributed by atoms with van der Waals surface area (Å²) in [5.41, 5.74) is 2.48. The van der Waals surface area contributed by atoms with Crippen LogP contribution in [0.3, 0.4) is 0 Å². The fraction of sp³-hybridized carbons (Fsp3) is 0.500. The molecule has 0 saturated carbocycles. The number of benzene rings is 1. The Bertz CT molecular complexity index is 481. The van der Waals surface area contributed by atoms with Gasteiger partial charge in [-0.15, -0.1) is 0 Å². The van der Waals surface area contributed by atoms with E-state index in [1.54, 1.807) is 0 Å². The summed E-state index contributed by atoms with van der Waals surface area (Å²) in [6.07, 6.45) is 0.986. The van der Waals surface area contributed by atoms with Crippen LogP contribution >= 0.6 is 15.9 Å². The molecule has 1 atom stereocenters. The van der Waals surface area contributed by atoms with Crippen molar-refractivity contribution < 1.29 is 4.74 Å². The first kappa shape index (κ1) is 13.4. The largest absolute Gasteiger partial charge is 0.493 e. The van der Waals surface area contributed by atoms with Gasteiger partial charge in [0, 0.05) is 29.5 Å².